The normalized spacial score (nSPS) is 22.2. The Bertz CT molecular complexity index is 485. The van der Waals surface area contributed by atoms with E-state index in [-0.39, 0.29) is 31.0 Å². The van der Waals surface area contributed by atoms with Crippen molar-refractivity contribution in [1.29, 1.82) is 0 Å². The minimum Gasteiger partial charge on any atom is -0.294 e. The highest BCUT2D eigenvalue weighted by molar-refractivity contribution is 5.97. The second-order valence-electron chi connectivity index (χ2n) is 5.53. The Hall–Kier alpha value is -1.32. The molecule has 1 aliphatic carbocycles. The van der Waals surface area contributed by atoms with Gasteiger partial charge in [0.05, 0.1) is 0 Å². The molecule has 0 N–H and O–H groups in total. The van der Waals surface area contributed by atoms with Crippen molar-refractivity contribution in [2.24, 2.45) is 5.92 Å². The molecule has 0 saturated heterocycles. The largest absolute Gasteiger partial charge is 0.294 e. The summed E-state index contributed by atoms with van der Waals surface area (Å²) >= 11 is 0. The number of pyridine rings is 1. The number of rotatable bonds is 3. The van der Waals surface area contributed by atoms with Crippen molar-refractivity contribution in [3.8, 4) is 0 Å². The summed E-state index contributed by atoms with van der Waals surface area (Å²) in [6.07, 6.45) is 1.25. The minimum absolute atomic E-state index is 0.0389. The van der Waals surface area contributed by atoms with E-state index in [1.54, 1.807) is 19.1 Å². The van der Waals surface area contributed by atoms with Gasteiger partial charge in [0.2, 0.25) is 5.92 Å². The second-order valence-corrected chi connectivity index (χ2v) is 5.53. The lowest BCUT2D eigenvalue weighted by Gasteiger charge is -2.28. The van der Waals surface area contributed by atoms with Crippen molar-refractivity contribution < 1.29 is 13.6 Å². The van der Waals surface area contributed by atoms with Crippen LogP contribution in [0.4, 0.5) is 8.78 Å². The van der Waals surface area contributed by atoms with Crippen molar-refractivity contribution >= 4 is 5.78 Å². The van der Waals surface area contributed by atoms with Crippen molar-refractivity contribution in [2.45, 2.75) is 51.9 Å². The Morgan fingerprint density at radius 3 is 2.79 bits per heavy atom. The molecule has 1 heterocycles. The van der Waals surface area contributed by atoms with Gasteiger partial charge < -0.3 is 0 Å². The zero-order valence-electron chi connectivity index (χ0n) is 11.4. The fourth-order valence-corrected chi connectivity index (χ4v) is 2.80. The monoisotopic (exact) mass is 267 g/mol. The zero-order chi connectivity index (χ0) is 14.0. The summed E-state index contributed by atoms with van der Waals surface area (Å²) in [4.78, 5) is 16.4. The van der Waals surface area contributed by atoms with Crippen molar-refractivity contribution in [3.63, 3.8) is 0 Å². The number of alkyl halides is 2. The van der Waals surface area contributed by atoms with E-state index in [2.05, 4.69) is 4.98 Å². The van der Waals surface area contributed by atoms with Gasteiger partial charge in [0.25, 0.3) is 0 Å². The van der Waals surface area contributed by atoms with Crippen molar-refractivity contribution in [3.05, 3.63) is 29.1 Å². The molecule has 1 saturated carbocycles. The molecule has 104 valence electrons. The van der Waals surface area contributed by atoms with E-state index in [1.807, 2.05) is 6.92 Å². The number of halogens is 2. The highest BCUT2D eigenvalue weighted by atomic mass is 19.3. The molecule has 2 nitrogen and oxygen atoms in total. The predicted octanol–water partition coefficient (Wildman–Crippen LogP) is 4.10. The zero-order valence-corrected chi connectivity index (χ0v) is 11.4. The van der Waals surface area contributed by atoms with Crippen LogP contribution in [0.3, 0.4) is 0 Å². The third kappa shape index (κ3) is 3.58. The van der Waals surface area contributed by atoms with Crippen LogP contribution in [-0.2, 0) is 0 Å². The van der Waals surface area contributed by atoms with E-state index >= 15 is 0 Å². The molecule has 1 aliphatic rings. The third-order valence-electron chi connectivity index (χ3n) is 3.74. The van der Waals surface area contributed by atoms with Crippen LogP contribution in [0.5, 0.6) is 0 Å². The number of carbonyl (C=O) groups is 1. The molecular formula is C15H19F2NO. The molecule has 1 fully saturated rings. The molecule has 1 unspecified atom stereocenters. The highest BCUT2D eigenvalue weighted by Crippen LogP contribution is 2.38. The molecule has 1 aromatic heterocycles. The van der Waals surface area contributed by atoms with Crippen LogP contribution < -0.4 is 0 Å². The Morgan fingerprint density at radius 1 is 1.42 bits per heavy atom. The van der Waals surface area contributed by atoms with E-state index in [9.17, 15) is 13.6 Å². The van der Waals surface area contributed by atoms with Crippen molar-refractivity contribution in [1.82, 2.24) is 4.98 Å². The molecule has 0 bridgehead atoms. The lowest BCUT2D eigenvalue weighted by Crippen LogP contribution is -2.27. The number of hydrogen-bond donors (Lipinski definition) is 0. The van der Waals surface area contributed by atoms with E-state index in [1.165, 1.54) is 0 Å². The third-order valence-corrected chi connectivity index (χ3v) is 3.74. The van der Waals surface area contributed by atoms with E-state index < -0.39 is 5.92 Å². The summed E-state index contributed by atoms with van der Waals surface area (Å²) in [5.74, 6) is -2.85. The molecule has 19 heavy (non-hydrogen) atoms. The maximum Gasteiger partial charge on any atom is 0.248 e. The molecule has 0 spiro atoms. The topological polar surface area (TPSA) is 30.0 Å². The van der Waals surface area contributed by atoms with Gasteiger partial charge in [-0.3, -0.25) is 9.78 Å². The Labute approximate surface area is 112 Å². The molecule has 2 rings (SSSR count). The van der Waals surface area contributed by atoms with Crippen LogP contribution in [0.25, 0.3) is 0 Å². The summed E-state index contributed by atoms with van der Waals surface area (Å²) < 4.78 is 26.6. The van der Waals surface area contributed by atoms with Gasteiger partial charge in [0.1, 0.15) is 0 Å². The molecule has 0 aromatic carbocycles. The lowest BCUT2D eigenvalue weighted by atomic mass is 9.82. The van der Waals surface area contributed by atoms with Gasteiger partial charge in [-0.1, -0.05) is 0 Å². The molecular weight excluding hydrogens is 248 g/mol. The fourth-order valence-electron chi connectivity index (χ4n) is 2.80. The number of Topliss-reactive ketones (excluding diaryl/α,β-unsaturated/α-hetero) is 1. The summed E-state index contributed by atoms with van der Waals surface area (Å²) in [5.41, 5.74) is 2.12. The first-order valence-electron chi connectivity index (χ1n) is 6.73. The molecule has 1 aromatic rings. The van der Waals surface area contributed by atoms with E-state index in [0.29, 0.717) is 17.7 Å². The number of hydrogen-bond acceptors (Lipinski definition) is 2. The predicted molar refractivity (Wildman–Crippen MR) is 69.6 cm³/mol. The number of aryl methyl sites for hydroxylation is 2. The smallest absolute Gasteiger partial charge is 0.248 e. The maximum absolute atomic E-state index is 13.3. The van der Waals surface area contributed by atoms with E-state index in [4.69, 9.17) is 0 Å². The first-order valence-corrected chi connectivity index (χ1v) is 6.73. The Balaban J connectivity index is 2.04. The summed E-state index contributed by atoms with van der Waals surface area (Å²) in [5, 5.41) is 0. The van der Waals surface area contributed by atoms with Crippen LogP contribution in [0.15, 0.2) is 12.1 Å². The van der Waals surface area contributed by atoms with Gasteiger partial charge in [-0.05, 0) is 44.7 Å². The quantitative estimate of drug-likeness (QED) is 0.772. The van der Waals surface area contributed by atoms with Crippen molar-refractivity contribution in [2.75, 3.05) is 0 Å². The minimum atomic E-state index is -2.59. The fraction of sp³-hybridized carbons (Fsp3) is 0.600. The lowest BCUT2D eigenvalue weighted by molar-refractivity contribution is -0.0521. The van der Waals surface area contributed by atoms with Gasteiger partial charge in [0, 0.05) is 36.2 Å². The standard InChI is InChI=1S/C15H19F2NO/c1-10-5-6-13(11(2)18-10)14(19)8-12-4-3-7-15(16,17)9-12/h5-6,12H,3-4,7-9H2,1-2H3. The second kappa shape index (κ2) is 5.35. The van der Waals surface area contributed by atoms with Gasteiger partial charge in [0.15, 0.2) is 5.78 Å². The molecule has 1 atom stereocenters. The summed E-state index contributed by atoms with van der Waals surface area (Å²) in [6, 6.07) is 3.54. The van der Waals surface area contributed by atoms with Crippen LogP contribution in [0.1, 0.15) is 53.8 Å². The Morgan fingerprint density at radius 2 is 2.16 bits per heavy atom. The van der Waals surface area contributed by atoms with Crippen LogP contribution in [0, 0.1) is 19.8 Å². The van der Waals surface area contributed by atoms with Gasteiger partial charge >= 0.3 is 0 Å². The summed E-state index contributed by atoms with van der Waals surface area (Å²) in [6.45, 7) is 3.65. The van der Waals surface area contributed by atoms with Gasteiger partial charge in [-0.15, -0.1) is 0 Å². The number of nitrogens with zero attached hydrogens (tertiary/aromatic N) is 1. The first-order chi connectivity index (χ1) is 8.87. The van der Waals surface area contributed by atoms with Gasteiger partial charge in [-0.2, -0.15) is 0 Å². The number of ketones is 1. The molecule has 4 heteroatoms. The molecule has 0 amide bonds. The molecule has 0 radical (unpaired) electrons. The average molecular weight is 267 g/mol. The number of carbonyl (C=O) groups excluding carboxylic acids is 1. The number of aromatic nitrogens is 1. The van der Waals surface area contributed by atoms with Gasteiger partial charge in [-0.25, -0.2) is 8.78 Å². The van der Waals surface area contributed by atoms with E-state index in [0.717, 1.165) is 12.1 Å². The highest BCUT2D eigenvalue weighted by Gasteiger charge is 2.36. The maximum atomic E-state index is 13.3. The SMILES string of the molecule is Cc1ccc(C(=O)CC2CCCC(F)(F)C2)c(C)n1. The van der Waals surface area contributed by atoms with Crippen LogP contribution >= 0.6 is 0 Å². The first kappa shape index (κ1) is 14.1. The Kier molecular flexibility index (Phi) is 3.97. The van der Waals surface area contributed by atoms with Crippen LogP contribution in [-0.4, -0.2) is 16.7 Å². The van der Waals surface area contributed by atoms with Crippen LogP contribution in [0.2, 0.25) is 0 Å². The summed E-state index contributed by atoms with van der Waals surface area (Å²) in [7, 11) is 0. The molecule has 0 aliphatic heterocycles. The average Bonchev–Trinajstić information content (AvgIpc) is 2.27.